The van der Waals surface area contributed by atoms with Crippen LogP contribution in [-0.4, -0.2) is 23.2 Å². The SMILES string of the molecule is CCC(N)Cc1cc(C)c(OC(CC)C(=O)O)c(C)c1. The molecule has 0 radical (unpaired) electrons. The van der Waals surface area contributed by atoms with E-state index in [1.165, 1.54) is 5.56 Å². The fraction of sp³-hybridized carbons (Fsp3) is 0.562. The van der Waals surface area contributed by atoms with Crippen LogP contribution in [-0.2, 0) is 11.2 Å². The molecule has 0 amide bonds. The second kappa shape index (κ2) is 7.29. The van der Waals surface area contributed by atoms with Crippen molar-refractivity contribution in [2.45, 2.75) is 59.1 Å². The molecule has 2 unspecified atom stereocenters. The number of hydrogen-bond acceptors (Lipinski definition) is 3. The van der Waals surface area contributed by atoms with E-state index in [0.717, 1.165) is 24.0 Å². The highest BCUT2D eigenvalue weighted by molar-refractivity contribution is 5.72. The Balaban J connectivity index is 2.97. The lowest BCUT2D eigenvalue weighted by Gasteiger charge is -2.19. The van der Waals surface area contributed by atoms with Crippen molar-refractivity contribution in [1.29, 1.82) is 0 Å². The largest absolute Gasteiger partial charge is 0.479 e. The quantitative estimate of drug-likeness (QED) is 0.805. The molecular weight excluding hydrogens is 254 g/mol. The number of carbonyl (C=O) groups is 1. The summed E-state index contributed by atoms with van der Waals surface area (Å²) in [5, 5.41) is 9.08. The first-order chi connectivity index (χ1) is 9.38. The monoisotopic (exact) mass is 279 g/mol. The minimum atomic E-state index is -0.927. The first-order valence-electron chi connectivity index (χ1n) is 7.14. The molecule has 20 heavy (non-hydrogen) atoms. The van der Waals surface area contributed by atoms with Gasteiger partial charge in [0.05, 0.1) is 0 Å². The maximum absolute atomic E-state index is 11.1. The highest BCUT2D eigenvalue weighted by Gasteiger charge is 2.19. The van der Waals surface area contributed by atoms with Gasteiger partial charge in [0.25, 0.3) is 0 Å². The summed E-state index contributed by atoms with van der Waals surface area (Å²) < 4.78 is 5.64. The number of carboxylic acid groups (broad SMARTS) is 1. The molecule has 0 aromatic heterocycles. The third kappa shape index (κ3) is 4.23. The van der Waals surface area contributed by atoms with Gasteiger partial charge in [-0.2, -0.15) is 0 Å². The van der Waals surface area contributed by atoms with Gasteiger partial charge in [-0.05, 0) is 49.8 Å². The van der Waals surface area contributed by atoms with Crippen LogP contribution in [0.15, 0.2) is 12.1 Å². The Bertz CT molecular complexity index is 448. The number of aryl methyl sites for hydroxylation is 2. The van der Waals surface area contributed by atoms with E-state index in [4.69, 9.17) is 15.6 Å². The molecule has 0 saturated carbocycles. The van der Waals surface area contributed by atoms with Gasteiger partial charge in [0, 0.05) is 6.04 Å². The Kier molecular flexibility index (Phi) is 6.02. The fourth-order valence-corrected chi connectivity index (χ4v) is 2.24. The van der Waals surface area contributed by atoms with Crippen LogP contribution < -0.4 is 10.5 Å². The molecule has 0 aliphatic heterocycles. The number of aliphatic carboxylic acids is 1. The average molecular weight is 279 g/mol. The van der Waals surface area contributed by atoms with Crippen LogP contribution in [0.2, 0.25) is 0 Å². The van der Waals surface area contributed by atoms with Crippen LogP contribution >= 0.6 is 0 Å². The topological polar surface area (TPSA) is 72.5 Å². The third-order valence-corrected chi connectivity index (χ3v) is 3.45. The van der Waals surface area contributed by atoms with E-state index in [-0.39, 0.29) is 6.04 Å². The summed E-state index contributed by atoms with van der Waals surface area (Å²) in [6.07, 6.45) is 1.41. The zero-order valence-electron chi connectivity index (χ0n) is 12.8. The van der Waals surface area contributed by atoms with Gasteiger partial charge >= 0.3 is 5.97 Å². The lowest BCUT2D eigenvalue weighted by atomic mass is 9.99. The summed E-state index contributed by atoms with van der Waals surface area (Å²) in [5.74, 6) is -0.253. The number of nitrogens with two attached hydrogens (primary N) is 1. The lowest BCUT2D eigenvalue weighted by Crippen LogP contribution is -2.26. The maximum Gasteiger partial charge on any atom is 0.344 e. The van der Waals surface area contributed by atoms with Gasteiger partial charge in [0.2, 0.25) is 0 Å². The zero-order chi connectivity index (χ0) is 15.3. The Morgan fingerprint density at radius 1 is 1.25 bits per heavy atom. The molecule has 0 heterocycles. The van der Waals surface area contributed by atoms with Crippen LogP contribution in [0.1, 0.15) is 43.4 Å². The summed E-state index contributed by atoms with van der Waals surface area (Å²) in [6, 6.07) is 4.22. The second-order valence-electron chi connectivity index (χ2n) is 5.28. The van der Waals surface area contributed by atoms with E-state index in [2.05, 4.69) is 6.92 Å². The van der Waals surface area contributed by atoms with E-state index < -0.39 is 12.1 Å². The van der Waals surface area contributed by atoms with Crippen molar-refractivity contribution in [2.75, 3.05) is 0 Å². The fourth-order valence-electron chi connectivity index (χ4n) is 2.24. The van der Waals surface area contributed by atoms with Gasteiger partial charge < -0.3 is 15.6 Å². The van der Waals surface area contributed by atoms with Crippen LogP contribution in [0.5, 0.6) is 5.75 Å². The summed E-state index contributed by atoms with van der Waals surface area (Å²) in [5.41, 5.74) is 9.07. The van der Waals surface area contributed by atoms with E-state index in [1.54, 1.807) is 6.92 Å². The highest BCUT2D eigenvalue weighted by Crippen LogP contribution is 2.27. The van der Waals surface area contributed by atoms with Crippen LogP contribution in [0.25, 0.3) is 0 Å². The third-order valence-electron chi connectivity index (χ3n) is 3.45. The molecule has 0 aliphatic carbocycles. The standard InChI is InChI=1S/C16H25NO3/c1-5-13(17)9-12-7-10(3)15(11(4)8-12)20-14(6-2)16(18)19/h7-8,13-14H,5-6,9,17H2,1-4H3,(H,18,19). The first-order valence-corrected chi connectivity index (χ1v) is 7.14. The van der Waals surface area contributed by atoms with Crippen molar-refractivity contribution in [3.8, 4) is 5.75 Å². The molecule has 1 aromatic rings. The summed E-state index contributed by atoms with van der Waals surface area (Å²) in [4.78, 5) is 11.1. The smallest absolute Gasteiger partial charge is 0.344 e. The van der Waals surface area contributed by atoms with E-state index in [1.807, 2.05) is 26.0 Å². The van der Waals surface area contributed by atoms with Gasteiger partial charge in [-0.15, -0.1) is 0 Å². The lowest BCUT2D eigenvalue weighted by molar-refractivity contribution is -0.145. The van der Waals surface area contributed by atoms with E-state index >= 15 is 0 Å². The van der Waals surface area contributed by atoms with Gasteiger partial charge in [-0.1, -0.05) is 26.0 Å². The van der Waals surface area contributed by atoms with Gasteiger partial charge in [0.15, 0.2) is 6.10 Å². The minimum Gasteiger partial charge on any atom is -0.479 e. The molecular formula is C16H25NO3. The van der Waals surface area contributed by atoms with E-state index in [0.29, 0.717) is 12.2 Å². The van der Waals surface area contributed by atoms with Crippen molar-refractivity contribution < 1.29 is 14.6 Å². The Labute approximate surface area is 120 Å². The predicted molar refractivity (Wildman–Crippen MR) is 80.2 cm³/mol. The highest BCUT2D eigenvalue weighted by atomic mass is 16.5. The summed E-state index contributed by atoms with van der Waals surface area (Å²) in [7, 11) is 0. The molecule has 0 saturated heterocycles. The van der Waals surface area contributed by atoms with Gasteiger partial charge in [-0.25, -0.2) is 4.79 Å². The molecule has 0 bridgehead atoms. The predicted octanol–water partition coefficient (Wildman–Crippen LogP) is 2.83. The molecule has 1 aromatic carbocycles. The molecule has 112 valence electrons. The van der Waals surface area contributed by atoms with Crippen molar-refractivity contribution in [1.82, 2.24) is 0 Å². The summed E-state index contributed by atoms with van der Waals surface area (Å²) in [6.45, 7) is 7.76. The van der Waals surface area contributed by atoms with Crippen molar-refractivity contribution in [3.05, 3.63) is 28.8 Å². The van der Waals surface area contributed by atoms with Crippen molar-refractivity contribution in [3.63, 3.8) is 0 Å². The van der Waals surface area contributed by atoms with Crippen LogP contribution in [0.3, 0.4) is 0 Å². The van der Waals surface area contributed by atoms with Gasteiger partial charge in [0.1, 0.15) is 5.75 Å². The molecule has 1 rings (SSSR count). The van der Waals surface area contributed by atoms with Crippen molar-refractivity contribution >= 4 is 5.97 Å². The number of ether oxygens (including phenoxy) is 1. The molecule has 3 N–H and O–H groups in total. The maximum atomic E-state index is 11.1. The second-order valence-corrected chi connectivity index (χ2v) is 5.28. The Hall–Kier alpha value is -1.55. The van der Waals surface area contributed by atoms with Gasteiger partial charge in [-0.3, -0.25) is 0 Å². The molecule has 0 spiro atoms. The Morgan fingerprint density at radius 2 is 1.80 bits per heavy atom. The number of hydrogen-bond donors (Lipinski definition) is 2. The molecule has 4 heteroatoms. The van der Waals surface area contributed by atoms with Crippen LogP contribution in [0, 0.1) is 13.8 Å². The summed E-state index contributed by atoms with van der Waals surface area (Å²) >= 11 is 0. The Morgan fingerprint density at radius 3 is 2.20 bits per heavy atom. The normalized spacial score (nSPS) is 13.8. The number of benzene rings is 1. The molecule has 0 aliphatic rings. The number of carboxylic acids is 1. The van der Waals surface area contributed by atoms with Crippen molar-refractivity contribution in [2.24, 2.45) is 5.73 Å². The average Bonchev–Trinajstić information content (AvgIpc) is 2.37. The molecule has 2 atom stereocenters. The first kappa shape index (κ1) is 16.5. The zero-order valence-corrected chi connectivity index (χ0v) is 12.8. The molecule has 4 nitrogen and oxygen atoms in total. The number of rotatable bonds is 7. The molecule has 0 fully saturated rings. The minimum absolute atomic E-state index is 0.156. The van der Waals surface area contributed by atoms with E-state index in [9.17, 15) is 4.79 Å². The van der Waals surface area contributed by atoms with Crippen LogP contribution in [0.4, 0.5) is 0 Å².